The predicted molar refractivity (Wildman–Crippen MR) is 98.3 cm³/mol. The maximum absolute atomic E-state index is 12.9. The topological polar surface area (TPSA) is 87.6 Å². The number of aliphatic carboxylic acids is 1. The minimum atomic E-state index is -5.08. The largest absolute Gasteiger partial charge is 0.490 e. The average molecular weight is 424 g/mol. The van der Waals surface area contributed by atoms with Crippen LogP contribution >= 0.6 is 0 Å². The fraction of sp³-hybridized carbons (Fsp3) is 0.200. The maximum atomic E-state index is 12.9. The molecule has 10 heteroatoms. The lowest BCUT2D eigenvalue weighted by Crippen LogP contribution is -2.28. The number of carboxylic acids is 1. The molecule has 0 spiro atoms. The van der Waals surface area contributed by atoms with Gasteiger partial charge in [0, 0.05) is 31.1 Å². The molecule has 0 bridgehead atoms. The zero-order chi connectivity index (χ0) is 22.3. The van der Waals surface area contributed by atoms with Gasteiger partial charge in [-0.05, 0) is 35.9 Å². The molecule has 2 amide bonds. The lowest BCUT2D eigenvalue weighted by atomic mass is 10.1. The van der Waals surface area contributed by atoms with Gasteiger partial charge in [0.15, 0.2) is 0 Å². The summed E-state index contributed by atoms with van der Waals surface area (Å²) >= 11 is 0. The zero-order valence-electron chi connectivity index (χ0n) is 15.4. The van der Waals surface area contributed by atoms with E-state index in [0.29, 0.717) is 12.8 Å². The molecule has 0 atom stereocenters. The van der Waals surface area contributed by atoms with E-state index >= 15 is 0 Å². The van der Waals surface area contributed by atoms with E-state index in [9.17, 15) is 27.2 Å². The first-order valence-corrected chi connectivity index (χ1v) is 8.60. The van der Waals surface area contributed by atoms with Crippen molar-refractivity contribution in [2.24, 2.45) is 0 Å². The summed E-state index contributed by atoms with van der Waals surface area (Å²) in [4.78, 5) is 37.5. The molecule has 1 aliphatic rings. The molecule has 6 nitrogen and oxygen atoms in total. The van der Waals surface area contributed by atoms with E-state index in [4.69, 9.17) is 9.90 Å². The Kier molecular flexibility index (Phi) is 7.40. The first-order chi connectivity index (χ1) is 14.1. The van der Waals surface area contributed by atoms with Crippen molar-refractivity contribution in [3.63, 3.8) is 0 Å². The van der Waals surface area contributed by atoms with Gasteiger partial charge < -0.3 is 5.11 Å². The summed E-state index contributed by atoms with van der Waals surface area (Å²) in [6.07, 6.45) is 0.819. The number of amides is 2. The van der Waals surface area contributed by atoms with Crippen LogP contribution in [0.1, 0.15) is 18.4 Å². The monoisotopic (exact) mass is 424 g/mol. The molecule has 2 aromatic rings. The minimum absolute atomic E-state index is 0.121. The van der Waals surface area contributed by atoms with Crippen LogP contribution in [0.25, 0.3) is 17.3 Å². The van der Waals surface area contributed by atoms with Crippen LogP contribution in [0.4, 0.5) is 17.6 Å². The predicted octanol–water partition coefficient (Wildman–Crippen LogP) is 3.68. The molecular formula is C20H16F4N2O4. The molecule has 3 rings (SSSR count). The number of carboxylic acid groups (broad SMARTS) is 1. The third-order valence-corrected chi connectivity index (χ3v) is 3.92. The first kappa shape index (κ1) is 22.7. The van der Waals surface area contributed by atoms with E-state index in [2.05, 4.69) is 4.98 Å². The van der Waals surface area contributed by atoms with Crippen LogP contribution in [-0.2, 0) is 14.4 Å². The van der Waals surface area contributed by atoms with Crippen molar-refractivity contribution in [1.29, 1.82) is 0 Å². The van der Waals surface area contributed by atoms with Gasteiger partial charge in [-0.25, -0.2) is 9.18 Å². The molecule has 0 radical (unpaired) electrons. The Hall–Kier alpha value is -3.56. The number of halogens is 4. The maximum Gasteiger partial charge on any atom is 0.490 e. The summed E-state index contributed by atoms with van der Waals surface area (Å²) in [5, 5.41) is 7.12. The highest BCUT2D eigenvalue weighted by molar-refractivity contribution is 6.02. The summed E-state index contributed by atoms with van der Waals surface area (Å²) in [6, 6.07) is 9.88. The van der Waals surface area contributed by atoms with Gasteiger partial charge in [0.2, 0.25) is 11.8 Å². The van der Waals surface area contributed by atoms with Gasteiger partial charge >= 0.3 is 12.1 Å². The van der Waals surface area contributed by atoms with Crippen LogP contribution in [0.3, 0.4) is 0 Å². The number of hydrogen-bond acceptors (Lipinski definition) is 4. The molecule has 1 aromatic carbocycles. The number of carbonyl (C=O) groups is 3. The van der Waals surface area contributed by atoms with E-state index in [0.717, 1.165) is 16.8 Å². The van der Waals surface area contributed by atoms with Gasteiger partial charge in [-0.15, -0.1) is 0 Å². The highest BCUT2D eigenvalue weighted by Gasteiger charge is 2.38. The highest BCUT2D eigenvalue weighted by Crippen LogP contribution is 2.18. The van der Waals surface area contributed by atoms with Crippen molar-refractivity contribution in [2.45, 2.75) is 19.0 Å². The molecule has 158 valence electrons. The number of carbonyl (C=O) groups excluding carboxylic acids is 2. The third-order valence-electron chi connectivity index (χ3n) is 3.92. The second-order valence-electron chi connectivity index (χ2n) is 6.09. The fourth-order valence-corrected chi connectivity index (χ4v) is 2.42. The normalized spacial score (nSPS) is 14.1. The molecule has 1 aliphatic heterocycles. The van der Waals surface area contributed by atoms with Crippen LogP contribution in [0.2, 0.25) is 0 Å². The number of benzene rings is 1. The minimum Gasteiger partial charge on any atom is -0.475 e. The van der Waals surface area contributed by atoms with Crippen LogP contribution in [-0.4, -0.2) is 45.5 Å². The van der Waals surface area contributed by atoms with Crippen LogP contribution in [0, 0.1) is 5.82 Å². The van der Waals surface area contributed by atoms with E-state index in [1.165, 1.54) is 17.0 Å². The second kappa shape index (κ2) is 9.77. The Bertz CT molecular complexity index is 923. The Morgan fingerprint density at radius 2 is 1.63 bits per heavy atom. The summed E-state index contributed by atoms with van der Waals surface area (Å²) in [7, 11) is 0. The molecule has 1 N–H and O–H groups in total. The first-order valence-electron chi connectivity index (χ1n) is 8.60. The Morgan fingerprint density at radius 1 is 1.07 bits per heavy atom. The number of imide groups is 1. The number of alkyl halides is 3. The molecule has 0 aliphatic carbocycles. The van der Waals surface area contributed by atoms with E-state index in [1.54, 1.807) is 24.4 Å². The van der Waals surface area contributed by atoms with E-state index in [1.807, 2.05) is 18.2 Å². The Labute approximate surface area is 168 Å². The summed E-state index contributed by atoms with van der Waals surface area (Å²) in [5.41, 5.74) is 2.47. The average Bonchev–Trinajstić information content (AvgIpc) is 3.01. The lowest BCUT2D eigenvalue weighted by Gasteiger charge is -2.09. The van der Waals surface area contributed by atoms with Crippen molar-refractivity contribution >= 4 is 23.9 Å². The van der Waals surface area contributed by atoms with Crippen molar-refractivity contribution in [2.75, 3.05) is 6.54 Å². The molecular weight excluding hydrogens is 408 g/mol. The van der Waals surface area contributed by atoms with Gasteiger partial charge in [0.1, 0.15) is 5.82 Å². The number of rotatable bonds is 4. The summed E-state index contributed by atoms with van der Waals surface area (Å²) in [6.45, 7) is 0.289. The third kappa shape index (κ3) is 6.50. The molecule has 1 aromatic heterocycles. The van der Waals surface area contributed by atoms with E-state index < -0.39 is 12.1 Å². The van der Waals surface area contributed by atoms with Crippen molar-refractivity contribution in [3.05, 3.63) is 60.1 Å². The lowest BCUT2D eigenvalue weighted by molar-refractivity contribution is -0.192. The fourth-order valence-electron chi connectivity index (χ4n) is 2.42. The smallest absolute Gasteiger partial charge is 0.475 e. The number of pyridine rings is 1. The molecule has 2 heterocycles. The van der Waals surface area contributed by atoms with Crippen LogP contribution < -0.4 is 0 Å². The van der Waals surface area contributed by atoms with E-state index in [-0.39, 0.29) is 24.2 Å². The van der Waals surface area contributed by atoms with Gasteiger partial charge in [0.25, 0.3) is 0 Å². The van der Waals surface area contributed by atoms with Gasteiger partial charge in [0.05, 0.1) is 5.69 Å². The van der Waals surface area contributed by atoms with Crippen LogP contribution in [0.15, 0.2) is 48.7 Å². The summed E-state index contributed by atoms with van der Waals surface area (Å²) in [5.74, 6) is -3.28. The number of nitrogens with zero attached hydrogens (tertiary/aromatic N) is 2. The molecule has 30 heavy (non-hydrogen) atoms. The van der Waals surface area contributed by atoms with Crippen molar-refractivity contribution < 1.29 is 37.1 Å². The Morgan fingerprint density at radius 3 is 2.10 bits per heavy atom. The SMILES string of the molecule is O=C(O)C(F)(F)F.O=C1CCC(=O)N1C/C=C/c1ccc(-c2ccc(F)cc2)nc1. The highest BCUT2D eigenvalue weighted by atomic mass is 19.4. The van der Waals surface area contributed by atoms with Gasteiger partial charge in [-0.1, -0.05) is 18.2 Å². The van der Waals surface area contributed by atoms with Crippen molar-refractivity contribution in [3.8, 4) is 11.3 Å². The van der Waals surface area contributed by atoms with Gasteiger partial charge in [-0.3, -0.25) is 19.5 Å². The summed E-state index contributed by atoms with van der Waals surface area (Å²) < 4.78 is 44.6. The second-order valence-corrected chi connectivity index (χ2v) is 6.09. The Balaban J connectivity index is 0.000000396. The quantitative estimate of drug-likeness (QED) is 0.598. The number of aromatic nitrogens is 1. The molecule has 0 saturated carbocycles. The number of likely N-dealkylation sites (tertiary alicyclic amines) is 1. The van der Waals surface area contributed by atoms with Gasteiger partial charge in [-0.2, -0.15) is 13.2 Å². The molecule has 1 fully saturated rings. The molecule has 0 unspecified atom stereocenters. The molecule has 1 saturated heterocycles. The standard InChI is InChI=1S/C18H15FN2O2.C2HF3O2/c19-15-6-4-14(5-7-15)16-8-3-13(12-20-16)2-1-11-21-17(22)9-10-18(21)23;3-2(4,5)1(6)7/h1-8,12H,9-11H2;(H,6,7)/b2-1+;. The van der Waals surface area contributed by atoms with Crippen molar-refractivity contribution in [1.82, 2.24) is 9.88 Å². The zero-order valence-corrected chi connectivity index (χ0v) is 15.4. The number of hydrogen-bond donors (Lipinski definition) is 1. The van der Waals surface area contributed by atoms with Crippen LogP contribution in [0.5, 0.6) is 0 Å².